The molecule has 2 rings (SSSR count). The second-order valence-electron chi connectivity index (χ2n) is 5.30. The molecule has 2 aliphatic rings. The maximum Gasteiger partial charge on any atom is 0.214 e. The Labute approximate surface area is 104 Å². The summed E-state index contributed by atoms with van der Waals surface area (Å²) in [7, 11) is 0.124. The molecule has 100 valence electrons. The van der Waals surface area contributed by atoms with Crippen molar-refractivity contribution in [2.75, 3.05) is 46.0 Å². The van der Waals surface area contributed by atoms with Gasteiger partial charge in [0.05, 0.1) is 5.75 Å². The van der Waals surface area contributed by atoms with Gasteiger partial charge >= 0.3 is 0 Å². The van der Waals surface area contributed by atoms with Crippen LogP contribution in [0.2, 0.25) is 0 Å². The molecule has 0 aliphatic carbocycles. The van der Waals surface area contributed by atoms with E-state index >= 15 is 0 Å². The van der Waals surface area contributed by atoms with E-state index in [9.17, 15) is 8.42 Å². The molecular weight excluding hydrogens is 238 g/mol. The first kappa shape index (κ1) is 13.3. The maximum absolute atomic E-state index is 11.6. The van der Waals surface area contributed by atoms with Crippen molar-refractivity contribution in [2.24, 2.45) is 5.92 Å². The van der Waals surface area contributed by atoms with Crippen LogP contribution >= 0.6 is 0 Å². The van der Waals surface area contributed by atoms with Crippen molar-refractivity contribution in [3.63, 3.8) is 0 Å². The molecule has 3 unspecified atom stereocenters. The van der Waals surface area contributed by atoms with E-state index in [1.54, 1.807) is 14.1 Å². The maximum atomic E-state index is 11.6. The number of piperidine rings is 1. The lowest BCUT2D eigenvalue weighted by Gasteiger charge is -2.31. The van der Waals surface area contributed by atoms with E-state index in [1.807, 2.05) is 0 Å². The van der Waals surface area contributed by atoms with E-state index in [0.717, 1.165) is 18.9 Å². The molecule has 0 spiro atoms. The standard InChI is InChI=1S/C11H23N3O2S/c1-13(2)17(15,16)8-5-12-11-4-7-14-6-3-10(11)9-14/h10-12H,3-9H2,1-2H3. The lowest BCUT2D eigenvalue weighted by Crippen LogP contribution is -2.45. The van der Waals surface area contributed by atoms with Crippen LogP contribution in [-0.2, 0) is 10.0 Å². The highest BCUT2D eigenvalue weighted by Crippen LogP contribution is 2.26. The molecule has 0 amide bonds. The Kier molecular flexibility index (Phi) is 4.07. The third kappa shape index (κ3) is 3.19. The average molecular weight is 261 g/mol. The fourth-order valence-electron chi connectivity index (χ4n) is 2.78. The first-order valence-electron chi connectivity index (χ1n) is 6.35. The summed E-state index contributed by atoms with van der Waals surface area (Å²) in [6.07, 6.45) is 2.42. The third-order valence-electron chi connectivity index (χ3n) is 3.96. The third-order valence-corrected chi connectivity index (χ3v) is 5.79. The van der Waals surface area contributed by atoms with Gasteiger partial charge in [-0.15, -0.1) is 0 Å². The molecule has 2 saturated heterocycles. The van der Waals surface area contributed by atoms with E-state index in [0.29, 0.717) is 12.6 Å². The fraction of sp³-hybridized carbons (Fsp3) is 1.00. The Morgan fingerprint density at radius 3 is 2.71 bits per heavy atom. The van der Waals surface area contributed by atoms with Crippen molar-refractivity contribution >= 4 is 10.0 Å². The van der Waals surface area contributed by atoms with Crippen LogP contribution < -0.4 is 5.32 Å². The van der Waals surface area contributed by atoms with Crippen LogP contribution in [0.1, 0.15) is 12.8 Å². The van der Waals surface area contributed by atoms with Crippen molar-refractivity contribution in [1.82, 2.24) is 14.5 Å². The smallest absolute Gasteiger partial charge is 0.214 e. The Balaban J connectivity index is 1.75. The second-order valence-corrected chi connectivity index (χ2v) is 7.60. The number of sulfonamides is 1. The number of nitrogens with one attached hydrogen (secondary N) is 1. The van der Waals surface area contributed by atoms with Crippen LogP contribution in [0.5, 0.6) is 0 Å². The van der Waals surface area contributed by atoms with Crippen molar-refractivity contribution < 1.29 is 8.42 Å². The van der Waals surface area contributed by atoms with Gasteiger partial charge in [-0.3, -0.25) is 0 Å². The Hall–Kier alpha value is -0.170. The zero-order chi connectivity index (χ0) is 12.5. The van der Waals surface area contributed by atoms with Gasteiger partial charge in [0, 0.05) is 33.2 Å². The Morgan fingerprint density at radius 1 is 1.29 bits per heavy atom. The number of hydrogen-bond donors (Lipinski definition) is 1. The molecule has 0 aromatic rings. The highest BCUT2D eigenvalue weighted by molar-refractivity contribution is 7.89. The lowest BCUT2D eigenvalue weighted by atomic mass is 9.94. The van der Waals surface area contributed by atoms with Crippen molar-refractivity contribution in [2.45, 2.75) is 18.9 Å². The van der Waals surface area contributed by atoms with Crippen LogP contribution in [0.15, 0.2) is 0 Å². The Bertz CT molecular complexity index is 356. The van der Waals surface area contributed by atoms with Crippen molar-refractivity contribution in [3.8, 4) is 0 Å². The molecule has 2 heterocycles. The average Bonchev–Trinajstić information content (AvgIpc) is 2.64. The van der Waals surface area contributed by atoms with E-state index in [2.05, 4.69) is 10.2 Å². The van der Waals surface area contributed by atoms with Gasteiger partial charge in [0.15, 0.2) is 0 Å². The predicted molar refractivity (Wildman–Crippen MR) is 68.4 cm³/mol. The molecule has 0 radical (unpaired) electrons. The normalized spacial score (nSPS) is 33.2. The first-order chi connectivity index (χ1) is 7.99. The quantitative estimate of drug-likeness (QED) is 0.729. The monoisotopic (exact) mass is 261 g/mol. The largest absolute Gasteiger partial charge is 0.313 e. The highest BCUT2D eigenvalue weighted by atomic mass is 32.2. The summed E-state index contributed by atoms with van der Waals surface area (Å²) in [6.45, 7) is 4.15. The minimum absolute atomic E-state index is 0.201. The number of hydrogen-bond acceptors (Lipinski definition) is 4. The van der Waals surface area contributed by atoms with E-state index in [4.69, 9.17) is 0 Å². The summed E-state index contributed by atoms with van der Waals surface area (Å²) < 4.78 is 24.5. The van der Waals surface area contributed by atoms with Gasteiger partial charge in [0.25, 0.3) is 0 Å². The zero-order valence-electron chi connectivity index (χ0n) is 10.7. The summed E-state index contributed by atoms with van der Waals surface area (Å²) in [4.78, 5) is 2.50. The minimum Gasteiger partial charge on any atom is -0.313 e. The van der Waals surface area contributed by atoms with Crippen LogP contribution in [0.4, 0.5) is 0 Å². The molecule has 5 nitrogen and oxygen atoms in total. The van der Waals surface area contributed by atoms with Crippen LogP contribution in [-0.4, -0.2) is 69.7 Å². The number of rotatable bonds is 5. The SMILES string of the molecule is CN(C)S(=O)(=O)CCNC1CCN2CCC1C2. The topological polar surface area (TPSA) is 52.7 Å². The molecular formula is C11H23N3O2S. The summed E-state index contributed by atoms with van der Waals surface area (Å²) in [5.74, 6) is 0.929. The van der Waals surface area contributed by atoms with E-state index < -0.39 is 10.0 Å². The molecule has 2 fully saturated rings. The molecule has 1 N–H and O–H groups in total. The van der Waals surface area contributed by atoms with Gasteiger partial charge in [0.2, 0.25) is 10.0 Å². The van der Waals surface area contributed by atoms with Crippen LogP contribution in [0, 0.1) is 5.92 Å². The van der Waals surface area contributed by atoms with Gasteiger partial charge in [-0.2, -0.15) is 0 Å². The molecule has 0 saturated carbocycles. The fourth-order valence-corrected chi connectivity index (χ4v) is 3.52. The summed E-state index contributed by atoms with van der Waals surface area (Å²) in [5.41, 5.74) is 0. The van der Waals surface area contributed by atoms with E-state index in [1.165, 1.54) is 23.8 Å². The van der Waals surface area contributed by atoms with Gasteiger partial charge in [-0.1, -0.05) is 0 Å². The highest BCUT2D eigenvalue weighted by Gasteiger charge is 2.33. The van der Waals surface area contributed by atoms with Crippen molar-refractivity contribution in [3.05, 3.63) is 0 Å². The molecule has 0 aromatic carbocycles. The van der Waals surface area contributed by atoms with Crippen LogP contribution in [0.25, 0.3) is 0 Å². The van der Waals surface area contributed by atoms with Gasteiger partial charge < -0.3 is 10.2 Å². The molecule has 2 bridgehead atoms. The summed E-state index contributed by atoms with van der Waals surface area (Å²) >= 11 is 0. The summed E-state index contributed by atoms with van der Waals surface area (Å²) in [5, 5.41) is 3.43. The van der Waals surface area contributed by atoms with Gasteiger partial charge in [0.1, 0.15) is 0 Å². The van der Waals surface area contributed by atoms with E-state index in [-0.39, 0.29) is 5.75 Å². The molecule has 17 heavy (non-hydrogen) atoms. The minimum atomic E-state index is -3.05. The lowest BCUT2D eigenvalue weighted by molar-refractivity contribution is 0.223. The van der Waals surface area contributed by atoms with Crippen molar-refractivity contribution in [1.29, 1.82) is 0 Å². The molecule has 0 aromatic heterocycles. The molecule has 6 heteroatoms. The zero-order valence-corrected chi connectivity index (χ0v) is 11.5. The van der Waals surface area contributed by atoms with Crippen LogP contribution in [0.3, 0.4) is 0 Å². The summed E-state index contributed by atoms with van der Waals surface area (Å²) in [6, 6.07) is 0.520. The molecule has 3 atom stereocenters. The van der Waals surface area contributed by atoms with Gasteiger partial charge in [-0.05, 0) is 31.8 Å². The number of fused-ring (bicyclic) bond motifs is 2. The second kappa shape index (κ2) is 5.22. The first-order valence-corrected chi connectivity index (χ1v) is 7.96. The number of nitrogens with zero attached hydrogens (tertiary/aromatic N) is 2. The Morgan fingerprint density at radius 2 is 2.00 bits per heavy atom. The van der Waals surface area contributed by atoms with Gasteiger partial charge in [-0.25, -0.2) is 12.7 Å². The molecule has 2 aliphatic heterocycles. The predicted octanol–water partition coefficient (Wildman–Crippen LogP) is -0.438.